The summed E-state index contributed by atoms with van der Waals surface area (Å²) in [6, 6.07) is 10.3. The van der Waals surface area contributed by atoms with Gasteiger partial charge in [0, 0.05) is 47.7 Å². The van der Waals surface area contributed by atoms with Crippen LogP contribution in [0.2, 0.25) is 5.02 Å². The summed E-state index contributed by atoms with van der Waals surface area (Å²) < 4.78 is 0. The number of fused-ring (bicyclic) bond motifs is 1. The Bertz CT molecular complexity index is 1160. The molecule has 1 atom stereocenters. The molecule has 0 fully saturated rings. The van der Waals surface area contributed by atoms with Crippen molar-refractivity contribution < 1.29 is 19.2 Å². The average molecular weight is 559 g/mol. The average Bonchev–Trinajstić information content (AvgIpc) is 3.25. The summed E-state index contributed by atoms with van der Waals surface area (Å²) in [4.78, 5) is 50.9. The minimum absolute atomic E-state index is 0.149. The SMILES string of the molecule is CNC(=O)CCC(C=O)N1Cc2c(SCCCCCCNC(=O)Nc3ccc(C)c(Cl)c3)cccc2C1=O. The molecule has 0 aliphatic carbocycles. The van der Waals surface area contributed by atoms with Crippen molar-refractivity contribution in [1.82, 2.24) is 15.5 Å². The van der Waals surface area contributed by atoms with E-state index >= 15 is 0 Å². The Hall–Kier alpha value is -3.04. The molecule has 1 unspecified atom stereocenters. The van der Waals surface area contributed by atoms with E-state index in [-0.39, 0.29) is 24.3 Å². The van der Waals surface area contributed by atoms with Crippen LogP contribution < -0.4 is 16.0 Å². The van der Waals surface area contributed by atoms with Crippen LogP contribution >= 0.6 is 23.4 Å². The highest BCUT2D eigenvalue weighted by molar-refractivity contribution is 7.99. The van der Waals surface area contributed by atoms with Gasteiger partial charge >= 0.3 is 6.03 Å². The number of halogens is 1. The summed E-state index contributed by atoms with van der Waals surface area (Å²) >= 11 is 7.81. The lowest BCUT2D eigenvalue weighted by molar-refractivity contribution is -0.121. The zero-order chi connectivity index (χ0) is 27.5. The number of hydrogen-bond acceptors (Lipinski definition) is 5. The second-order valence-corrected chi connectivity index (χ2v) is 10.8. The molecule has 8 nitrogen and oxygen atoms in total. The van der Waals surface area contributed by atoms with E-state index in [0.717, 1.165) is 53.7 Å². The number of benzene rings is 2. The topological polar surface area (TPSA) is 108 Å². The van der Waals surface area contributed by atoms with Crippen LogP contribution in [0, 0.1) is 6.92 Å². The Kier molecular flexibility index (Phi) is 11.5. The number of hydrogen-bond donors (Lipinski definition) is 3. The third kappa shape index (κ3) is 8.23. The van der Waals surface area contributed by atoms with Crippen LogP contribution in [0.4, 0.5) is 10.5 Å². The van der Waals surface area contributed by atoms with Crippen LogP contribution in [0.25, 0.3) is 0 Å². The van der Waals surface area contributed by atoms with Crippen molar-refractivity contribution >= 4 is 53.2 Å². The Balaban J connectivity index is 1.36. The number of anilines is 1. The maximum Gasteiger partial charge on any atom is 0.319 e. The van der Waals surface area contributed by atoms with Crippen LogP contribution in [0.5, 0.6) is 0 Å². The smallest absolute Gasteiger partial charge is 0.319 e. The number of carbonyl (C=O) groups is 4. The minimum atomic E-state index is -0.615. The lowest BCUT2D eigenvalue weighted by Gasteiger charge is -2.22. The summed E-state index contributed by atoms with van der Waals surface area (Å²) in [5.41, 5.74) is 3.22. The van der Waals surface area contributed by atoms with Gasteiger partial charge in [-0.15, -0.1) is 11.8 Å². The van der Waals surface area contributed by atoms with Gasteiger partial charge in [0.15, 0.2) is 0 Å². The molecule has 0 bridgehead atoms. The van der Waals surface area contributed by atoms with E-state index in [1.165, 1.54) is 0 Å². The Morgan fingerprint density at radius 3 is 2.68 bits per heavy atom. The number of nitrogens with one attached hydrogen (secondary N) is 3. The van der Waals surface area contributed by atoms with E-state index in [1.807, 2.05) is 31.2 Å². The number of rotatable bonds is 14. The van der Waals surface area contributed by atoms with Crippen LogP contribution in [-0.4, -0.2) is 54.4 Å². The first-order valence-electron chi connectivity index (χ1n) is 12.9. The number of aldehydes is 1. The van der Waals surface area contributed by atoms with Crippen molar-refractivity contribution in [1.29, 1.82) is 0 Å². The summed E-state index contributed by atoms with van der Waals surface area (Å²) in [6.45, 7) is 2.90. The standard InChI is InChI=1S/C28H35ClN4O4S/c1-19-10-11-20(16-24(19)29)32-28(37)31-14-5-3-4-6-15-38-25-9-7-8-22-23(25)17-33(27(22)36)21(18-34)12-13-26(35)30-2/h7-11,16,18,21H,3-6,12-15,17H2,1-2H3,(H,30,35)(H2,31,32,37). The van der Waals surface area contributed by atoms with Gasteiger partial charge in [0.05, 0.1) is 6.04 Å². The molecule has 204 valence electrons. The lowest BCUT2D eigenvalue weighted by atomic mass is 10.1. The van der Waals surface area contributed by atoms with Crippen LogP contribution in [0.15, 0.2) is 41.3 Å². The molecule has 2 aromatic carbocycles. The Morgan fingerprint density at radius 1 is 1.16 bits per heavy atom. The van der Waals surface area contributed by atoms with Gasteiger partial charge in [-0.1, -0.05) is 36.6 Å². The molecule has 0 saturated heterocycles. The monoisotopic (exact) mass is 558 g/mol. The zero-order valence-corrected chi connectivity index (χ0v) is 23.4. The highest BCUT2D eigenvalue weighted by atomic mass is 35.5. The molecule has 1 aliphatic rings. The van der Waals surface area contributed by atoms with E-state index in [0.29, 0.717) is 35.8 Å². The van der Waals surface area contributed by atoms with Crippen LogP contribution in [0.3, 0.4) is 0 Å². The zero-order valence-electron chi connectivity index (χ0n) is 21.8. The van der Waals surface area contributed by atoms with Crippen molar-refractivity contribution in [2.24, 2.45) is 0 Å². The molecule has 38 heavy (non-hydrogen) atoms. The molecule has 0 aromatic heterocycles. The molecule has 0 spiro atoms. The quantitative estimate of drug-likeness (QED) is 0.168. The fraction of sp³-hybridized carbons (Fsp3) is 0.429. The molecule has 3 N–H and O–H groups in total. The number of aryl methyl sites for hydroxylation is 1. The van der Waals surface area contributed by atoms with Crippen LogP contribution in [0.1, 0.15) is 60.0 Å². The van der Waals surface area contributed by atoms with E-state index in [1.54, 1.807) is 35.8 Å². The minimum Gasteiger partial charge on any atom is -0.359 e. The van der Waals surface area contributed by atoms with Crippen molar-refractivity contribution in [2.45, 2.75) is 62.9 Å². The molecule has 0 radical (unpaired) electrons. The predicted molar refractivity (Wildman–Crippen MR) is 152 cm³/mol. The fourth-order valence-electron chi connectivity index (χ4n) is 4.24. The van der Waals surface area contributed by atoms with Crippen molar-refractivity contribution in [2.75, 3.05) is 24.7 Å². The highest BCUT2D eigenvalue weighted by Gasteiger charge is 2.34. The summed E-state index contributed by atoms with van der Waals surface area (Å²) in [5, 5.41) is 8.82. The molecule has 1 heterocycles. The Morgan fingerprint density at radius 2 is 1.95 bits per heavy atom. The summed E-state index contributed by atoms with van der Waals surface area (Å²) in [6.07, 6.45) is 5.21. The normalized spacial score (nSPS) is 13.1. The van der Waals surface area contributed by atoms with E-state index < -0.39 is 6.04 Å². The number of amides is 4. The maximum atomic E-state index is 12.9. The van der Waals surface area contributed by atoms with Gasteiger partial charge in [-0.3, -0.25) is 9.59 Å². The maximum absolute atomic E-state index is 12.9. The Labute approximate surface area is 233 Å². The summed E-state index contributed by atoms with van der Waals surface area (Å²) in [5.74, 6) is 0.614. The van der Waals surface area contributed by atoms with Crippen molar-refractivity contribution in [3.8, 4) is 0 Å². The highest BCUT2D eigenvalue weighted by Crippen LogP contribution is 2.34. The van der Waals surface area contributed by atoms with Gasteiger partial charge in [0.25, 0.3) is 5.91 Å². The van der Waals surface area contributed by atoms with Gasteiger partial charge in [-0.25, -0.2) is 4.79 Å². The van der Waals surface area contributed by atoms with E-state index in [9.17, 15) is 19.2 Å². The van der Waals surface area contributed by atoms with Gasteiger partial charge in [-0.2, -0.15) is 0 Å². The third-order valence-corrected chi connectivity index (χ3v) is 8.09. The second kappa shape index (κ2) is 14.8. The van der Waals surface area contributed by atoms with Crippen molar-refractivity contribution in [3.63, 3.8) is 0 Å². The van der Waals surface area contributed by atoms with Gasteiger partial charge < -0.3 is 25.6 Å². The number of carbonyl (C=O) groups excluding carboxylic acids is 4. The first-order valence-corrected chi connectivity index (χ1v) is 14.2. The molecular formula is C28H35ClN4O4S. The number of urea groups is 1. The lowest BCUT2D eigenvalue weighted by Crippen LogP contribution is -2.37. The third-order valence-electron chi connectivity index (χ3n) is 6.50. The van der Waals surface area contributed by atoms with Crippen LogP contribution in [-0.2, 0) is 16.1 Å². The molecule has 3 rings (SSSR count). The molecular weight excluding hydrogens is 524 g/mol. The van der Waals surface area contributed by atoms with Gasteiger partial charge in [-0.05, 0) is 67.3 Å². The van der Waals surface area contributed by atoms with E-state index in [2.05, 4.69) is 16.0 Å². The molecule has 2 aromatic rings. The second-order valence-electron chi connectivity index (χ2n) is 9.24. The predicted octanol–water partition coefficient (Wildman–Crippen LogP) is 5.17. The fourth-order valence-corrected chi connectivity index (χ4v) is 5.51. The molecule has 4 amide bonds. The van der Waals surface area contributed by atoms with E-state index in [4.69, 9.17) is 11.6 Å². The number of nitrogens with zero attached hydrogens (tertiary/aromatic N) is 1. The van der Waals surface area contributed by atoms with Gasteiger partial charge in [0.2, 0.25) is 5.91 Å². The number of unbranched alkanes of at least 4 members (excludes halogenated alkanes) is 3. The largest absolute Gasteiger partial charge is 0.359 e. The number of thioether (sulfide) groups is 1. The molecule has 1 aliphatic heterocycles. The van der Waals surface area contributed by atoms with Crippen molar-refractivity contribution in [3.05, 3.63) is 58.1 Å². The first-order chi connectivity index (χ1) is 18.3. The summed E-state index contributed by atoms with van der Waals surface area (Å²) in [7, 11) is 1.55. The molecule has 0 saturated carbocycles. The van der Waals surface area contributed by atoms with Gasteiger partial charge in [0.1, 0.15) is 6.29 Å². The molecule has 10 heteroatoms. The first kappa shape index (κ1) is 29.5.